The number of benzene rings is 1. The molecule has 0 bridgehead atoms. The smallest absolute Gasteiger partial charge is 0.337 e. The molecule has 5 nitrogen and oxygen atoms in total. The van der Waals surface area contributed by atoms with E-state index in [-0.39, 0.29) is 24.6 Å². The monoisotopic (exact) mass is 265 g/mol. The molecule has 1 amide bonds. The molecule has 5 heteroatoms. The average Bonchev–Trinajstić information content (AvgIpc) is 2.42. The second-order valence-corrected chi connectivity index (χ2v) is 4.32. The molecule has 1 aromatic carbocycles. The van der Waals surface area contributed by atoms with Crippen LogP contribution in [0.5, 0.6) is 0 Å². The van der Waals surface area contributed by atoms with Crippen molar-refractivity contribution in [2.24, 2.45) is 0 Å². The van der Waals surface area contributed by atoms with E-state index in [0.29, 0.717) is 12.1 Å². The van der Waals surface area contributed by atoms with E-state index in [9.17, 15) is 9.59 Å². The van der Waals surface area contributed by atoms with Gasteiger partial charge in [-0.15, -0.1) is 0 Å². The van der Waals surface area contributed by atoms with Crippen LogP contribution in [0.2, 0.25) is 0 Å². The van der Waals surface area contributed by atoms with Gasteiger partial charge < -0.3 is 14.8 Å². The van der Waals surface area contributed by atoms with Gasteiger partial charge in [0.25, 0.3) is 0 Å². The Morgan fingerprint density at radius 3 is 2.37 bits per heavy atom. The van der Waals surface area contributed by atoms with E-state index < -0.39 is 0 Å². The van der Waals surface area contributed by atoms with Crippen molar-refractivity contribution >= 4 is 11.9 Å². The second kappa shape index (κ2) is 7.53. The minimum Gasteiger partial charge on any atom is -0.465 e. The molecule has 0 fully saturated rings. The number of methoxy groups -OCH3 is 1. The molecule has 0 aliphatic carbocycles. The van der Waals surface area contributed by atoms with Crippen LogP contribution in [0.4, 0.5) is 0 Å². The summed E-state index contributed by atoms with van der Waals surface area (Å²) in [5, 5.41) is 2.74. The first-order chi connectivity index (χ1) is 9.02. The van der Waals surface area contributed by atoms with Crippen LogP contribution in [0.3, 0.4) is 0 Å². The predicted molar refractivity (Wildman–Crippen MR) is 70.7 cm³/mol. The molecule has 0 aromatic heterocycles. The molecule has 0 radical (unpaired) electrons. The number of rotatable bonds is 6. The summed E-state index contributed by atoms with van der Waals surface area (Å²) in [7, 11) is 1.34. The average molecular weight is 265 g/mol. The van der Waals surface area contributed by atoms with E-state index in [1.165, 1.54) is 7.11 Å². The largest absolute Gasteiger partial charge is 0.465 e. The molecule has 0 heterocycles. The van der Waals surface area contributed by atoms with E-state index >= 15 is 0 Å². The summed E-state index contributed by atoms with van der Waals surface area (Å²) in [6, 6.07) is 6.88. The van der Waals surface area contributed by atoms with Gasteiger partial charge in [0, 0.05) is 6.54 Å². The molecule has 19 heavy (non-hydrogen) atoms. The first kappa shape index (κ1) is 15.2. The van der Waals surface area contributed by atoms with E-state index in [1.807, 2.05) is 13.8 Å². The maximum atomic E-state index is 11.4. The molecule has 0 aliphatic heterocycles. The Balaban J connectivity index is 2.41. The number of carbonyl (C=O) groups excluding carboxylic acids is 2. The summed E-state index contributed by atoms with van der Waals surface area (Å²) >= 11 is 0. The van der Waals surface area contributed by atoms with Gasteiger partial charge in [0.2, 0.25) is 5.91 Å². The van der Waals surface area contributed by atoms with Gasteiger partial charge in [-0.25, -0.2) is 4.79 Å². The minimum atomic E-state index is -0.374. The van der Waals surface area contributed by atoms with E-state index in [0.717, 1.165) is 5.56 Å². The quantitative estimate of drug-likeness (QED) is 0.792. The zero-order valence-electron chi connectivity index (χ0n) is 11.4. The third-order valence-corrected chi connectivity index (χ3v) is 2.41. The molecule has 0 saturated heterocycles. The van der Waals surface area contributed by atoms with Crippen LogP contribution in [0.15, 0.2) is 24.3 Å². The van der Waals surface area contributed by atoms with Gasteiger partial charge in [-0.05, 0) is 31.5 Å². The minimum absolute atomic E-state index is 0.0325. The van der Waals surface area contributed by atoms with Gasteiger partial charge >= 0.3 is 5.97 Å². The first-order valence-electron chi connectivity index (χ1n) is 6.08. The topological polar surface area (TPSA) is 64.6 Å². The van der Waals surface area contributed by atoms with Crippen LogP contribution < -0.4 is 5.32 Å². The van der Waals surface area contributed by atoms with Crippen molar-refractivity contribution in [2.45, 2.75) is 26.5 Å². The fourth-order valence-corrected chi connectivity index (χ4v) is 1.37. The van der Waals surface area contributed by atoms with Crippen LogP contribution in [-0.2, 0) is 20.8 Å². The lowest BCUT2D eigenvalue weighted by molar-refractivity contribution is -0.127. The number of hydrogen-bond acceptors (Lipinski definition) is 4. The number of hydrogen-bond donors (Lipinski definition) is 1. The van der Waals surface area contributed by atoms with Crippen LogP contribution >= 0.6 is 0 Å². The molecule has 104 valence electrons. The van der Waals surface area contributed by atoms with E-state index in [4.69, 9.17) is 4.74 Å². The van der Waals surface area contributed by atoms with Gasteiger partial charge in [-0.3, -0.25) is 4.79 Å². The fraction of sp³-hybridized carbons (Fsp3) is 0.429. The van der Waals surface area contributed by atoms with Crippen molar-refractivity contribution in [3.8, 4) is 0 Å². The van der Waals surface area contributed by atoms with E-state index in [2.05, 4.69) is 10.1 Å². The summed E-state index contributed by atoms with van der Waals surface area (Å²) in [5.41, 5.74) is 1.39. The van der Waals surface area contributed by atoms with Crippen LogP contribution in [0.1, 0.15) is 29.8 Å². The lowest BCUT2D eigenvalue weighted by atomic mass is 10.1. The highest BCUT2D eigenvalue weighted by Crippen LogP contribution is 2.05. The standard InChI is InChI=1S/C14H19NO4/c1-10(2)19-9-13(16)15-8-11-4-6-12(7-5-11)14(17)18-3/h4-7,10H,8-9H2,1-3H3,(H,15,16). The van der Waals surface area contributed by atoms with Gasteiger partial charge in [0.15, 0.2) is 0 Å². The third-order valence-electron chi connectivity index (χ3n) is 2.41. The van der Waals surface area contributed by atoms with Crippen molar-refractivity contribution in [1.82, 2.24) is 5.32 Å². The fourth-order valence-electron chi connectivity index (χ4n) is 1.37. The van der Waals surface area contributed by atoms with Gasteiger partial charge in [0.05, 0.1) is 18.8 Å². The highest BCUT2D eigenvalue weighted by molar-refractivity contribution is 5.89. The van der Waals surface area contributed by atoms with Crippen LogP contribution in [0.25, 0.3) is 0 Å². The van der Waals surface area contributed by atoms with Crippen molar-refractivity contribution in [2.75, 3.05) is 13.7 Å². The maximum absolute atomic E-state index is 11.4. The Hall–Kier alpha value is -1.88. The number of ether oxygens (including phenoxy) is 2. The number of esters is 1. The molecular weight excluding hydrogens is 246 g/mol. The molecule has 0 unspecified atom stereocenters. The molecule has 0 aliphatic rings. The number of carbonyl (C=O) groups is 2. The van der Waals surface area contributed by atoms with Crippen molar-refractivity contribution in [1.29, 1.82) is 0 Å². The zero-order chi connectivity index (χ0) is 14.3. The first-order valence-corrected chi connectivity index (χ1v) is 6.08. The zero-order valence-corrected chi connectivity index (χ0v) is 11.4. The molecule has 1 rings (SSSR count). The van der Waals surface area contributed by atoms with Gasteiger partial charge in [-0.1, -0.05) is 12.1 Å². The highest BCUT2D eigenvalue weighted by Gasteiger charge is 2.06. The Kier molecular flexibility index (Phi) is 6.02. The summed E-state index contributed by atoms with van der Waals surface area (Å²) in [6.07, 6.45) is 0.0325. The van der Waals surface area contributed by atoms with E-state index in [1.54, 1.807) is 24.3 Å². The summed E-state index contributed by atoms with van der Waals surface area (Å²) in [5.74, 6) is -0.535. The summed E-state index contributed by atoms with van der Waals surface area (Å²) in [6.45, 7) is 4.21. The van der Waals surface area contributed by atoms with Crippen molar-refractivity contribution < 1.29 is 19.1 Å². The predicted octanol–water partition coefficient (Wildman–Crippen LogP) is 1.51. The Bertz CT molecular complexity index is 426. The second-order valence-electron chi connectivity index (χ2n) is 4.32. The summed E-state index contributed by atoms with van der Waals surface area (Å²) in [4.78, 5) is 22.7. The Labute approximate surface area is 112 Å². The number of nitrogens with one attached hydrogen (secondary N) is 1. The molecule has 0 spiro atoms. The normalized spacial score (nSPS) is 10.3. The SMILES string of the molecule is COC(=O)c1ccc(CNC(=O)COC(C)C)cc1. The molecule has 1 N–H and O–H groups in total. The molecular formula is C14H19NO4. The third kappa shape index (κ3) is 5.52. The lowest BCUT2D eigenvalue weighted by Gasteiger charge is -2.08. The lowest BCUT2D eigenvalue weighted by Crippen LogP contribution is -2.28. The molecule has 0 atom stereocenters. The Morgan fingerprint density at radius 2 is 1.84 bits per heavy atom. The Morgan fingerprint density at radius 1 is 1.21 bits per heavy atom. The summed E-state index contributed by atoms with van der Waals surface area (Å²) < 4.78 is 9.79. The van der Waals surface area contributed by atoms with Crippen LogP contribution in [-0.4, -0.2) is 31.7 Å². The number of amides is 1. The van der Waals surface area contributed by atoms with Crippen molar-refractivity contribution in [3.63, 3.8) is 0 Å². The van der Waals surface area contributed by atoms with Crippen LogP contribution in [0, 0.1) is 0 Å². The van der Waals surface area contributed by atoms with Gasteiger partial charge in [0.1, 0.15) is 6.61 Å². The highest BCUT2D eigenvalue weighted by atomic mass is 16.5. The molecule has 1 aromatic rings. The van der Waals surface area contributed by atoms with Gasteiger partial charge in [-0.2, -0.15) is 0 Å². The van der Waals surface area contributed by atoms with Crippen molar-refractivity contribution in [3.05, 3.63) is 35.4 Å². The molecule has 0 saturated carbocycles. The maximum Gasteiger partial charge on any atom is 0.337 e.